The summed E-state index contributed by atoms with van der Waals surface area (Å²) < 4.78 is 11.2. The Morgan fingerprint density at radius 2 is 2.18 bits per heavy atom. The number of hydrogen-bond donors (Lipinski definition) is 1. The number of nitrogens with one attached hydrogen (secondary N) is 1. The smallest absolute Gasteiger partial charge is 0.251 e. The Kier molecular flexibility index (Phi) is 6.36. The highest BCUT2D eigenvalue weighted by Gasteiger charge is 2.09. The van der Waals surface area contributed by atoms with E-state index in [0.29, 0.717) is 31.1 Å². The number of halogens is 1. The fourth-order valence-electron chi connectivity index (χ4n) is 1.78. The van der Waals surface area contributed by atoms with Crippen molar-refractivity contribution in [2.75, 3.05) is 20.3 Å². The van der Waals surface area contributed by atoms with Crippen molar-refractivity contribution in [2.24, 2.45) is 0 Å². The normalized spacial score (nSPS) is 10.3. The van der Waals surface area contributed by atoms with E-state index in [1.165, 1.54) is 0 Å². The number of aromatic nitrogens is 1. The highest BCUT2D eigenvalue weighted by Crippen LogP contribution is 2.26. The van der Waals surface area contributed by atoms with Crippen LogP contribution in [0.4, 0.5) is 0 Å². The SMILES string of the molecule is COCCOc1ccc(C(=O)NCc2cccnc2)cc1Br. The molecule has 0 radical (unpaired) electrons. The number of pyridine rings is 1. The van der Waals surface area contributed by atoms with E-state index in [4.69, 9.17) is 9.47 Å². The van der Waals surface area contributed by atoms with Gasteiger partial charge in [0, 0.05) is 31.6 Å². The van der Waals surface area contributed by atoms with Gasteiger partial charge in [-0.15, -0.1) is 0 Å². The summed E-state index contributed by atoms with van der Waals surface area (Å²) in [6.45, 7) is 1.41. The number of ether oxygens (including phenoxy) is 2. The van der Waals surface area contributed by atoms with Gasteiger partial charge in [0.1, 0.15) is 12.4 Å². The predicted molar refractivity (Wildman–Crippen MR) is 86.9 cm³/mol. The number of carbonyl (C=O) groups excluding carboxylic acids is 1. The van der Waals surface area contributed by atoms with Crippen LogP contribution in [0.5, 0.6) is 5.75 Å². The molecule has 22 heavy (non-hydrogen) atoms. The second-order valence-electron chi connectivity index (χ2n) is 4.53. The van der Waals surface area contributed by atoms with Crippen LogP contribution in [0.1, 0.15) is 15.9 Å². The standard InChI is InChI=1S/C16H17BrN2O3/c1-21-7-8-22-15-5-4-13(9-14(15)17)16(20)19-11-12-3-2-6-18-10-12/h2-6,9-10H,7-8,11H2,1H3,(H,19,20). The summed E-state index contributed by atoms with van der Waals surface area (Å²) in [6, 6.07) is 8.98. The zero-order chi connectivity index (χ0) is 15.8. The van der Waals surface area contributed by atoms with E-state index >= 15 is 0 Å². The molecule has 0 aliphatic rings. The first-order valence-electron chi connectivity index (χ1n) is 6.79. The molecule has 6 heteroatoms. The van der Waals surface area contributed by atoms with E-state index in [1.54, 1.807) is 37.7 Å². The number of carbonyl (C=O) groups is 1. The van der Waals surface area contributed by atoms with Crippen LogP contribution in [-0.2, 0) is 11.3 Å². The van der Waals surface area contributed by atoms with E-state index in [1.807, 2.05) is 12.1 Å². The Labute approximate surface area is 137 Å². The third kappa shape index (κ3) is 4.82. The molecule has 1 amide bonds. The molecule has 0 aliphatic carbocycles. The Morgan fingerprint density at radius 3 is 2.86 bits per heavy atom. The van der Waals surface area contributed by atoms with Gasteiger partial charge in [-0.25, -0.2) is 0 Å². The monoisotopic (exact) mass is 364 g/mol. The second-order valence-corrected chi connectivity index (χ2v) is 5.38. The largest absolute Gasteiger partial charge is 0.490 e. The second kappa shape index (κ2) is 8.51. The molecule has 0 unspecified atom stereocenters. The predicted octanol–water partition coefficient (Wildman–Crippen LogP) is 2.80. The summed E-state index contributed by atoms with van der Waals surface area (Å²) in [5.41, 5.74) is 1.52. The number of nitrogens with zero attached hydrogens (tertiary/aromatic N) is 1. The van der Waals surface area contributed by atoms with E-state index in [0.717, 1.165) is 10.0 Å². The van der Waals surface area contributed by atoms with Crippen LogP contribution in [0.15, 0.2) is 47.2 Å². The van der Waals surface area contributed by atoms with E-state index in [9.17, 15) is 4.79 Å². The van der Waals surface area contributed by atoms with Crippen LogP contribution >= 0.6 is 15.9 Å². The van der Waals surface area contributed by atoms with Crippen LogP contribution in [0.25, 0.3) is 0 Å². The summed E-state index contributed by atoms with van der Waals surface area (Å²) in [5.74, 6) is 0.536. The molecule has 0 atom stereocenters. The highest BCUT2D eigenvalue weighted by molar-refractivity contribution is 9.10. The maximum atomic E-state index is 12.1. The molecule has 0 aliphatic heterocycles. The van der Waals surface area contributed by atoms with Crippen molar-refractivity contribution >= 4 is 21.8 Å². The van der Waals surface area contributed by atoms with Crippen LogP contribution in [-0.4, -0.2) is 31.2 Å². The number of benzene rings is 1. The van der Waals surface area contributed by atoms with Crippen LogP contribution in [0.2, 0.25) is 0 Å². The zero-order valence-corrected chi connectivity index (χ0v) is 13.8. The van der Waals surface area contributed by atoms with Crippen molar-refractivity contribution in [1.82, 2.24) is 10.3 Å². The summed E-state index contributed by atoms with van der Waals surface area (Å²) in [7, 11) is 1.62. The van der Waals surface area contributed by atoms with Gasteiger partial charge >= 0.3 is 0 Å². The number of hydrogen-bond acceptors (Lipinski definition) is 4. The van der Waals surface area contributed by atoms with Gasteiger partial charge in [0.2, 0.25) is 0 Å². The third-order valence-electron chi connectivity index (χ3n) is 2.91. The van der Waals surface area contributed by atoms with Crippen molar-refractivity contribution in [3.63, 3.8) is 0 Å². The van der Waals surface area contributed by atoms with Crippen molar-refractivity contribution in [1.29, 1.82) is 0 Å². The average Bonchev–Trinajstić information content (AvgIpc) is 2.55. The number of rotatable bonds is 7. The van der Waals surface area contributed by atoms with Crippen molar-refractivity contribution in [3.05, 3.63) is 58.3 Å². The molecule has 1 aromatic carbocycles. The fourth-order valence-corrected chi connectivity index (χ4v) is 2.27. The van der Waals surface area contributed by atoms with Gasteiger partial charge in [-0.3, -0.25) is 9.78 Å². The van der Waals surface area contributed by atoms with Crippen molar-refractivity contribution < 1.29 is 14.3 Å². The van der Waals surface area contributed by atoms with Gasteiger partial charge in [0.05, 0.1) is 11.1 Å². The first-order valence-corrected chi connectivity index (χ1v) is 7.58. The van der Waals surface area contributed by atoms with Gasteiger partial charge in [0.15, 0.2) is 0 Å². The average molecular weight is 365 g/mol. The van der Waals surface area contributed by atoms with Gasteiger partial charge in [-0.2, -0.15) is 0 Å². The fraction of sp³-hybridized carbons (Fsp3) is 0.250. The van der Waals surface area contributed by atoms with Crippen LogP contribution < -0.4 is 10.1 Å². The zero-order valence-electron chi connectivity index (χ0n) is 12.2. The Morgan fingerprint density at radius 1 is 1.32 bits per heavy atom. The van der Waals surface area contributed by atoms with Crippen molar-refractivity contribution in [2.45, 2.75) is 6.54 Å². The lowest BCUT2D eigenvalue weighted by molar-refractivity contribution is 0.0950. The molecule has 116 valence electrons. The molecule has 1 N–H and O–H groups in total. The quantitative estimate of drug-likeness (QED) is 0.767. The lowest BCUT2D eigenvalue weighted by atomic mass is 10.2. The molecular weight excluding hydrogens is 348 g/mol. The molecule has 2 aromatic rings. The molecule has 0 spiro atoms. The minimum atomic E-state index is -0.145. The molecule has 0 bridgehead atoms. The van der Waals surface area contributed by atoms with Crippen molar-refractivity contribution in [3.8, 4) is 5.75 Å². The molecule has 2 rings (SSSR count). The summed E-state index contributed by atoms with van der Waals surface area (Å²) >= 11 is 3.41. The maximum absolute atomic E-state index is 12.1. The minimum Gasteiger partial charge on any atom is -0.490 e. The number of amides is 1. The first-order chi connectivity index (χ1) is 10.7. The molecule has 1 aromatic heterocycles. The topological polar surface area (TPSA) is 60.5 Å². The van der Waals surface area contributed by atoms with E-state index < -0.39 is 0 Å². The molecule has 0 saturated carbocycles. The Hall–Kier alpha value is -1.92. The lowest BCUT2D eigenvalue weighted by Crippen LogP contribution is -2.22. The van der Waals surface area contributed by atoms with E-state index in [-0.39, 0.29) is 5.91 Å². The molecule has 1 heterocycles. The van der Waals surface area contributed by atoms with Gasteiger partial charge in [-0.1, -0.05) is 6.07 Å². The highest BCUT2D eigenvalue weighted by atomic mass is 79.9. The Balaban J connectivity index is 1.94. The number of methoxy groups -OCH3 is 1. The van der Waals surface area contributed by atoms with Crippen LogP contribution in [0, 0.1) is 0 Å². The lowest BCUT2D eigenvalue weighted by Gasteiger charge is -2.10. The van der Waals surface area contributed by atoms with Crippen LogP contribution in [0.3, 0.4) is 0 Å². The van der Waals surface area contributed by atoms with Gasteiger partial charge < -0.3 is 14.8 Å². The molecular formula is C16H17BrN2O3. The molecule has 0 fully saturated rings. The third-order valence-corrected chi connectivity index (χ3v) is 3.53. The van der Waals surface area contributed by atoms with E-state index in [2.05, 4.69) is 26.2 Å². The Bertz CT molecular complexity index is 620. The van der Waals surface area contributed by atoms with Gasteiger partial charge in [-0.05, 0) is 45.8 Å². The molecule has 5 nitrogen and oxygen atoms in total. The minimum absolute atomic E-state index is 0.145. The first kappa shape index (κ1) is 16.5. The summed E-state index contributed by atoms with van der Waals surface area (Å²) in [4.78, 5) is 16.1. The maximum Gasteiger partial charge on any atom is 0.251 e. The summed E-state index contributed by atoms with van der Waals surface area (Å²) in [5, 5.41) is 2.85. The summed E-state index contributed by atoms with van der Waals surface area (Å²) in [6.07, 6.45) is 3.42. The molecule has 0 saturated heterocycles. The van der Waals surface area contributed by atoms with Gasteiger partial charge in [0.25, 0.3) is 5.91 Å².